The first-order valence-electron chi connectivity index (χ1n) is 12.1. The van der Waals surface area contributed by atoms with Crippen molar-refractivity contribution in [3.63, 3.8) is 0 Å². The molecule has 0 saturated carbocycles. The van der Waals surface area contributed by atoms with Crippen molar-refractivity contribution >= 4 is 43.9 Å². The molecular weight excluding hydrogens is 658 g/mol. The van der Waals surface area contributed by atoms with E-state index in [0.29, 0.717) is 51.8 Å². The summed E-state index contributed by atoms with van der Waals surface area (Å²) in [6.07, 6.45) is 1.33. The van der Waals surface area contributed by atoms with Gasteiger partial charge < -0.3 is 35.1 Å². The van der Waals surface area contributed by atoms with E-state index in [0.717, 1.165) is 15.6 Å². The van der Waals surface area contributed by atoms with Crippen molar-refractivity contribution in [2.75, 3.05) is 14.2 Å². The molecule has 0 aliphatic heterocycles. The highest BCUT2D eigenvalue weighted by atomic mass is 79.9. The van der Waals surface area contributed by atoms with Crippen molar-refractivity contribution in [3.8, 4) is 23.0 Å². The van der Waals surface area contributed by atoms with Crippen molar-refractivity contribution in [3.05, 3.63) is 116 Å². The average Bonchev–Trinajstić information content (AvgIpc) is 3.01. The molecule has 0 radical (unpaired) electrons. The fourth-order valence-electron chi connectivity index (χ4n) is 3.51. The molecule has 0 unspecified atom stereocenters. The van der Waals surface area contributed by atoms with Crippen molar-refractivity contribution < 1.29 is 29.4 Å². The van der Waals surface area contributed by atoms with Crippen LogP contribution in [0.3, 0.4) is 0 Å². The Balaban J connectivity index is 0.000000226. The summed E-state index contributed by atoms with van der Waals surface area (Å²) in [5.41, 5.74) is 8.97. The predicted molar refractivity (Wildman–Crippen MR) is 165 cm³/mol. The van der Waals surface area contributed by atoms with E-state index < -0.39 is 0 Å². The molecule has 0 aromatic heterocycles. The molecule has 0 heterocycles. The number of hydrogen-bond acceptors (Lipinski definition) is 8. The fraction of sp³-hybridized carbons (Fsp3) is 0.133. The molecule has 4 rings (SSSR count). The van der Waals surface area contributed by atoms with Gasteiger partial charge in [0.1, 0.15) is 13.2 Å². The van der Waals surface area contributed by atoms with Crippen LogP contribution in [0.2, 0.25) is 0 Å². The summed E-state index contributed by atoms with van der Waals surface area (Å²) >= 11 is 6.73. The Bertz CT molecular complexity index is 1470. The quantitative estimate of drug-likeness (QED) is 0.0711. The number of rotatable bonds is 10. The molecular formula is C30H29Br2N3O6. The number of nitrogens with two attached hydrogens (primary N) is 1. The Kier molecular flexibility index (Phi) is 12.3. The van der Waals surface area contributed by atoms with Crippen LogP contribution in [-0.2, 0) is 13.2 Å². The SMILES string of the molecule is COc1cc(Br)c(C(N)=NO)cc1OCc1ccccc1.COc1cc(Br)c(C=NO)cc1OCc1ccccc1. The smallest absolute Gasteiger partial charge is 0.171 e. The van der Waals surface area contributed by atoms with Crippen molar-refractivity contribution in [2.45, 2.75) is 13.2 Å². The Hall–Kier alpha value is -4.22. The Morgan fingerprint density at radius 3 is 1.68 bits per heavy atom. The number of amidine groups is 1. The largest absolute Gasteiger partial charge is 0.493 e. The number of nitrogens with zero attached hydrogens (tertiary/aromatic N) is 2. The predicted octanol–water partition coefficient (Wildman–Crippen LogP) is 6.98. The maximum atomic E-state index is 8.81. The molecule has 0 aliphatic rings. The summed E-state index contributed by atoms with van der Waals surface area (Å²) < 4.78 is 23.5. The van der Waals surface area contributed by atoms with Gasteiger partial charge in [-0.1, -0.05) is 71.0 Å². The van der Waals surface area contributed by atoms with Crippen LogP contribution in [0.4, 0.5) is 0 Å². The van der Waals surface area contributed by atoms with Gasteiger partial charge in [0, 0.05) is 20.1 Å². The van der Waals surface area contributed by atoms with E-state index >= 15 is 0 Å². The van der Waals surface area contributed by atoms with Crippen LogP contribution in [0.25, 0.3) is 0 Å². The number of ether oxygens (including phenoxy) is 4. The molecule has 4 N–H and O–H groups in total. The van der Waals surface area contributed by atoms with Gasteiger partial charge in [-0.25, -0.2) is 0 Å². The highest BCUT2D eigenvalue weighted by molar-refractivity contribution is 9.10. The van der Waals surface area contributed by atoms with Crippen LogP contribution < -0.4 is 24.7 Å². The van der Waals surface area contributed by atoms with Gasteiger partial charge in [-0.15, -0.1) is 0 Å². The molecule has 9 nitrogen and oxygen atoms in total. The van der Waals surface area contributed by atoms with Crippen molar-refractivity contribution in [1.82, 2.24) is 0 Å². The Morgan fingerprint density at radius 2 is 1.22 bits per heavy atom. The van der Waals surface area contributed by atoms with Crippen molar-refractivity contribution in [1.29, 1.82) is 0 Å². The number of halogens is 2. The molecule has 11 heteroatoms. The minimum Gasteiger partial charge on any atom is -0.493 e. The van der Waals surface area contributed by atoms with Crippen LogP contribution in [0, 0.1) is 0 Å². The first-order chi connectivity index (χ1) is 19.9. The Morgan fingerprint density at radius 1 is 0.732 bits per heavy atom. The standard InChI is InChI=1S/C15H15BrN2O3.C15H14BrNO3/c1-20-13-8-12(16)11(15(17)18-19)7-14(13)21-9-10-5-3-2-4-6-10;1-19-14-8-13(16)12(9-17-18)7-15(14)20-10-11-5-3-2-4-6-11/h2-8,19H,9H2,1H3,(H2,17,18);2-9,18H,10H2,1H3. The highest BCUT2D eigenvalue weighted by Gasteiger charge is 2.14. The fourth-order valence-corrected chi connectivity index (χ4v) is 4.46. The van der Waals surface area contributed by atoms with Gasteiger partial charge >= 0.3 is 0 Å². The van der Waals surface area contributed by atoms with Crippen LogP contribution >= 0.6 is 31.9 Å². The van der Waals surface area contributed by atoms with Gasteiger partial charge in [-0.05, 0) is 67.3 Å². The molecule has 0 amide bonds. The maximum absolute atomic E-state index is 8.81. The van der Waals surface area contributed by atoms with Gasteiger partial charge in [0.2, 0.25) is 0 Å². The number of oxime groups is 2. The van der Waals surface area contributed by atoms with E-state index in [1.807, 2.05) is 60.7 Å². The van der Waals surface area contributed by atoms with Crippen molar-refractivity contribution in [2.24, 2.45) is 16.0 Å². The number of methoxy groups -OCH3 is 2. The first kappa shape index (κ1) is 31.3. The topological polar surface area (TPSA) is 128 Å². The second-order valence-corrected chi connectivity index (χ2v) is 9.99. The molecule has 0 saturated heterocycles. The molecule has 0 fully saturated rings. The van der Waals surface area contributed by atoms with Crippen LogP contribution in [0.5, 0.6) is 23.0 Å². The van der Waals surface area contributed by atoms with E-state index in [4.69, 9.17) is 35.1 Å². The molecule has 4 aromatic rings. The summed E-state index contributed by atoms with van der Waals surface area (Å²) in [4.78, 5) is 0. The first-order valence-corrected chi connectivity index (χ1v) is 13.7. The molecule has 0 bridgehead atoms. The third kappa shape index (κ3) is 9.16. The molecule has 0 spiro atoms. The maximum Gasteiger partial charge on any atom is 0.171 e. The summed E-state index contributed by atoms with van der Waals surface area (Å²) in [7, 11) is 3.14. The number of hydrogen-bond donors (Lipinski definition) is 3. The van der Waals surface area contributed by atoms with Crippen LogP contribution in [0.15, 0.2) is 104 Å². The van der Waals surface area contributed by atoms with Gasteiger partial charge in [-0.3, -0.25) is 0 Å². The lowest BCUT2D eigenvalue weighted by Crippen LogP contribution is -2.14. The average molecular weight is 687 g/mol. The molecule has 214 valence electrons. The monoisotopic (exact) mass is 685 g/mol. The number of benzene rings is 4. The lowest BCUT2D eigenvalue weighted by atomic mass is 10.2. The van der Waals surface area contributed by atoms with Crippen LogP contribution in [-0.4, -0.2) is 36.7 Å². The lowest BCUT2D eigenvalue weighted by Gasteiger charge is -2.13. The van der Waals surface area contributed by atoms with Gasteiger partial charge in [-0.2, -0.15) is 0 Å². The zero-order valence-electron chi connectivity index (χ0n) is 22.3. The van der Waals surface area contributed by atoms with Crippen LogP contribution in [0.1, 0.15) is 22.3 Å². The summed E-state index contributed by atoms with van der Waals surface area (Å²) in [5.74, 6) is 2.28. The third-order valence-electron chi connectivity index (χ3n) is 5.59. The molecule has 0 aliphatic carbocycles. The normalized spacial score (nSPS) is 11.0. The summed E-state index contributed by atoms with van der Waals surface area (Å²) in [6.45, 7) is 0.836. The zero-order valence-corrected chi connectivity index (χ0v) is 25.5. The van der Waals surface area contributed by atoms with Gasteiger partial charge in [0.15, 0.2) is 28.8 Å². The second-order valence-electron chi connectivity index (χ2n) is 8.29. The van der Waals surface area contributed by atoms with Gasteiger partial charge in [0.25, 0.3) is 0 Å². The summed E-state index contributed by atoms with van der Waals surface area (Å²) in [5, 5.41) is 23.5. The van der Waals surface area contributed by atoms with E-state index in [1.54, 1.807) is 38.5 Å². The van der Waals surface area contributed by atoms with E-state index in [9.17, 15) is 0 Å². The van der Waals surface area contributed by atoms with Gasteiger partial charge in [0.05, 0.1) is 20.4 Å². The second kappa shape index (κ2) is 16.1. The summed E-state index contributed by atoms with van der Waals surface area (Å²) in [6, 6.07) is 26.5. The van der Waals surface area contributed by atoms with E-state index in [2.05, 4.69) is 42.2 Å². The Labute approximate surface area is 255 Å². The minimum absolute atomic E-state index is 0.00547. The lowest BCUT2D eigenvalue weighted by molar-refractivity contribution is 0.284. The molecule has 41 heavy (non-hydrogen) atoms. The zero-order chi connectivity index (χ0) is 29.6. The van der Waals surface area contributed by atoms with E-state index in [-0.39, 0.29) is 5.84 Å². The molecule has 4 aromatic carbocycles. The third-order valence-corrected chi connectivity index (χ3v) is 6.93. The highest BCUT2D eigenvalue weighted by Crippen LogP contribution is 2.35. The molecule has 0 atom stereocenters. The minimum atomic E-state index is -0.00547. The van der Waals surface area contributed by atoms with E-state index in [1.165, 1.54) is 6.21 Å².